The van der Waals surface area contributed by atoms with E-state index in [4.69, 9.17) is 17.3 Å². The number of nitrogens with two attached hydrogens (primary N) is 1. The summed E-state index contributed by atoms with van der Waals surface area (Å²) in [5.74, 6) is 5.89. The maximum atomic E-state index is 6.08. The third-order valence-electron chi connectivity index (χ3n) is 2.40. The van der Waals surface area contributed by atoms with E-state index in [1.165, 1.54) is 5.56 Å². The lowest BCUT2D eigenvalue weighted by Crippen LogP contribution is -2.11. The molecule has 15 heavy (non-hydrogen) atoms. The minimum Gasteiger partial charge on any atom is -0.324 e. The van der Waals surface area contributed by atoms with Crippen LogP contribution in [0.15, 0.2) is 18.2 Å². The first-order chi connectivity index (χ1) is 7.15. The molecule has 1 atom stereocenters. The fourth-order valence-electron chi connectivity index (χ4n) is 1.52. The second-order valence-corrected chi connectivity index (χ2v) is 4.01. The Labute approximate surface area is 96.6 Å². The highest BCUT2D eigenvalue weighted by atomic mass is 35.5. The predicted octanol–water partition coefficient (Wildman–Crippen LogP) is 3.45. The van der Waals surface area contributed by atoms with E-state index < -0.39 is 0 Å². The molecule has 0 fully saturated rings. The standard InChI is InChI=1S/C13H16ClN/c1-3-4-5-6-13(15)12-9-11(14)8-7-10(12)2/h7-9,13H,5-6,15H2,1-2H3. The molecule has 0 saturated carbocycles. The highest BCUT2D eigenvalue weighted by molar-refractivity contribution is 6.30. The molecule has 0 heterocycles. The Morgan fingerprint density at radius 1 is 1.47 bits per heavy atom. The molecule has 0 radical (unpaired) electrons. The van der Waals surface area contributed by atoms with Gasteiger partial charge in [-0.3, -0.25) is 0 Å². The molecule has 2 N–H and O–H groups in total. The summed E-state index contributed by atoms with van der Waals surface area (Å²) >= 11 is 5.94. The first-order valence-corrected chi connectivity index (χ1v) is 5.44. The van der Waals surface area contributed by atoms with Crippen LogP contribution in [0, 0.1) is 18.8 Å². The van der Waals surface area contributed by atoms with Gasteiger partial charge in [0.15, 0.2) is 0 Å². The molecule has 1 aromatic carbocycles. The van der Waals surface area contributed by atoms with Crippen molar-refractivity contribution in [1.29, 1.82) is 0 Å². The van der Waals surface area contributed by atoms with Crippen molar-refractivity contribution >= 4 is 11.6 Å². The van der Waals surface area contributed by atoms with Crippen LogP contribution in [0.3, 0.4) is 0 Å². The lowest BCUT2D eigenvalue weighted by molar-refractivity contribution is 0.664. The van der Waals surface area contributed by atoms with Crippen molar-refractivity contribution in [2.24, 2.45) is 5.73 Å². The summed E-state index contributed by atoms with van der Waals surface area (Å²) in [7, 11) is 0. The average molecular weight is 222 g/mol. The zero-order valence-electron chi connectivity index (χ0n) is 9.18. The Morgan fingerprint density at radius 2 is 2.20 bits per heavy atom. The van der Waals surface area contributed by atoms with E-state index in [9.17, 15) is 0 Å². The first-order valence-electron chi connectivity index (χ1n) is 5.06. The Morgan fingerprint density at radius 3 is 2.87 bits per heavy atom. The van der Waals surface area contributed by atoms with E-state index in [0.717, 1.165) is 23.4 Å². The van der Waals surface area contributed by atoms with Gasteiger partial charge in [-0.15, -0.1) is 11.8 Å². The summed E-state index contributed by atoms with van der Waals surface area (Å²) in [4.78, 5) is 0. The largest absolute Gasteiger partial charge is 0.324 e. The predicted molar refractivity (Wildman–Crippen MR) is 65.8 cm³/mol. The lowest BCUT2D eigenvalue weighted by Gasteiger charge is -2.13. The average Bonchev–Trinajstić information content (AvgIpc) is 2.22. The molecule has 80 valence electrons. The number of hydrogen-bond donors (Lipinski definition) is 1. The minimum atomic E-state index is 0.0320. The SMILES string of the molecule is CC#CCCC(N)c1cc(Cl)ccc1C. The molecule has 0 spiro atoms. The molecular weight excluding hydrogens is 206 g/mol. The van der Waals surface area contributed by atoms with E-state index in [1.54, 1.807) is 0 Å². The zero-order chi connectivity index (χ0) is 11.3. The quantitative estimate of drug-likeness (QED) is 0.778. The van der Waals surface area contributed by atoms with Crippen LogP contribution in [0.2, 0.25) is 5.02 Å². The topological polar surface area (TPSA) is 26.0 Å². The van der Waals surface area contributed by atoms with Crippen molar-refractivity contribution in [2.75, 3.05) is 0 Å². The van der Waals surface area contributed by atoms with Crippen LogP contribution in [-0.2, 0) is 0 Å². The van der Waals surface area contributed by atoms with Crippen molar-refractivity contribution in [3.05, 3.63) is 34.3 Å². The van der Waals surface area contributed by atoms with Crippen LogP contribution in [0.25, 0.3) is 0 Å². The van der Waals surface area contributed by atoms with Crippen LogP contribution in [0.5, 0.6) is 0 Å². The Kier molecular flexibility index (Phi) is 4.68. The fourth-order valence-corrected chi connectivity index (χ4v) is 1.70. The van der Waals surface area contributed by atoms with Gasteiger partial charge < -0.3 is 5.73 Å². The highest BCUT2D eigenvalue weighted by Crippen LogP contribution is 2.23. The number of aryl methyl sites for hydroxylation is 1. The normalized spacial score (nSPS) is 11.7. The molecule has 0 aliphatic carbocycles. The molecule has 0 saturated heterocycles. The van der Waals surface area contributed by atoms with Crippen LogP contribution in [0.1, 0.15) is 36.9 Å². The molecular formula is C13H16ClN. The van der Waals surface area contributed by atoms with Gasteiger partial charge in [0.25, 0.3) is 0 Å². The van der Waals surface area contributed by atoms with Crippen LogP contribution in [0.4, 0.5) is 0 Å². The van der Waals surface area contributed by atoms with Crippen molar-refractivity contribution in [2.45, 2.75) is 32.7 Å². The second kappa shape index (κ2) is 5.80. The number of halogens is 1. The summed E-state index contributed by atoms with van der Waals surface area (Å²) < 4.78 is 0. The first kappa shape index (κ1) is 12.1. The molecule has 0 aliphatic heterocycles. The Bertz CT molecular complexity index is 387. The fraction of sp³-hybridized carbons (Fsp3) is 0.385. The van der Waals surface area contributed by atoms with E-state index in [0.29, 0.717) is 0 Å². The van der Waals surface area contributed by atoms with Crippen molar-refractivity contribution in [1.82, 2.24) is 0 Å². The highest BCUT2D eigenvalue weighted by Gasteiger charge is 2.08. The summed E-state index contributed by atoms with van der Waals surface area (Å²) in [6.07, 6.45) is 1.71. The lowest BCUT2D eigenvalue weighted by atomic mass is 9.98. The van der Waals surface area contributed by atoms with E-state index in [1.807, 2.05) is 25.1 Å². The monoisotopic (exact) mass is 221 g/mol. The van der Waals surface area contributed by atoms with E-state index >= 15 is 0 Å². The number of rotatable bonds is 3. The molecule has 0 aromatic heterocycles. The van der Waals surface area contributed by atoms with E-state index in [-0.39, 0.29) is 6.04 Å². The molecule has 0 amide bonds. The van der Waals surface area contributed by atoms with Gasteiger partial charge in [0.2, 0.25) is 0 Å². The van der Waals surface area contributed by atoms with E-state index in [2.05, 4.69) is 18.8 Å². The maximum Gasteiger partial charge on any atom is 0.0409 e. The Balaban J connectivity index is 2.74. The van der Waals surface area contributed by atoms with Crippen LogP contribution >= 0.6 is 11.6 Å². The van der Waals surface area contributed by atoms with Gasteiger partial charge in [-0.2, -0.15) is 0 Å². The van der Waals surface area contributed by atoms with Crippen molar-refractivity contribution < 1.29 is 0 Å². The number of benzene rings is 1. The molecule has 1 unspecified atom stereocenters. The van der Waals surface area contributed by atoms with Gasteiger partial charge in [-0.25, -0.2) is 0 Å². The molecule has 2 heteroatoms. The van der Waals surface area contributed by atoms with Gasteiger partial charge in [-0.05, 0) is 43.5 Å². The summed E-state index contributed by atoms with van der Waals surface area (Å²) in [5, 5.41) is 0.743. The third-order valence-corrected chi connectivity index (χ3v) is 2.63. The Hall–Kier alpha value is -0.970. The number of hydrogen-bond acceptors (Lipinski definition) is 1. The molecule has 0 bridgehead atoms. The minimum absolute atomic E-state index is 0.0320. The molecule has 1 rings (SSSR count). The van der Waals surface area contributed by atoms with Gasteiger partial charge >= 0.3 is 0 Å². The van der Waals surface area contributed by atoms with Gasteiger partial charge in [0, 0.05) is 17.5 Å². The van der Waals surface area contributed by atoms with Crippen LogP contribution in [-0.4, -0.2) is 0 Å². The van der Waals surface area contributed by atoms with Crippen LogP contribution < -0.4 is 5.73 Å². The maximum absolute atomic E-state index is 6.08. The third kappa shape index (κ3) is 3.58. The van der Waals surface area contributed by atoms with Gasteiger partial charge in [0.1, 0.15) is 0 Å². The molecule has 1 nitrogen and oxygen atoms in total. The molecule has 0 aliphatic rings. The molecule has 1 aromatic rings. The van der Waals surface area contributed by atoms with Gasteiger partial charge in [0.05, 0.1) is 0 Å². The summed E-state index contributed by atoms with van der Waals surface area (Å²) in [6, 6.07) is 5.87. The van der Waals surface area contributed by atoms with Gasteiger partial charge in [-0.1, -0.05) is 17.7 Å². The second-order valence-electron chi connectivity index (χ2n) is 3.57. The van der Waals surface area contributed by atoms with Crippen molar-refractivity contribution in [3.63, 3.8) is 0 Å². The van der Waals surface area contributed by atoms with Crippen molar-refractivity contribution in [3.8, 4) is 11.8 Å². The summed E-state index contributed by atoms with van der Waals surface area (Å²) in [6.45, 7) is 3.90. The smallest absolute Gasteiger partial charge is 0.0409 e. The zero-order valence-corrected chi connectivity index (χ0v) is 9.93. The summed E-state index contributed by atoms with van der Waals surface area (Å²) in [5.41, 5.74) is 8.40.